The van der Waals surface area contributed by atoms with Gasteiger partial charge in [-0.25, -0.2) is 8.42 Å². The molecule has 1 aromatic carbocycles. The molecule has 0 atom stereocenters. The van der Waals surface area contributed by atoms with Crippen LogP contribution in [0.15, 0.2) is 28.0 Å². The van der Waals surface area contributed by atoms with Crippen LogP contribution in [-0.2, 0) is 9.84 Å². The minimum Gasteiger partial charge on any atom is -0.399 e. The highest BCUT2D eigenvalue weighted by Gasteiger charge is 2.30. The summed E-state index contributed by atoms with van der Waals surface area (Å²) in [5.41, 5.74) is 6.98. The first-order chi connectivity index (χ1) is 8.57. The number of benzene rings is 1. The second-order valence-corrected chi connectivity index (χ2v) is 6.89. The molecule has 0 aromatic heterocycles. The third-order valence-corrected chi connectivity index (χ3v) is 5.56. The first kappa shape index (κ1) is 11.7. The summed E-state index contributed by atoms with van der Waals surface area (Å²) < 4.78 is 24.5. The molecule has 96 valence electrons. The van der Waals surface area contributed by atoms with Crippen molar-refractivity contribution < 1.29 is 8.42 Å². The van der Waals surface area contributed by atoms with Crippen molar-refractivity contribution in [2.75, 3.05) is 12.3 Å². The van der Waals surface area contributed by atoms with Gasteiger partial charge in [0.15, 0.2) is 0 Å². The fourth-order valence-electron chi connectivity index (χ4n) is 2.32. The summed E-state index contributed by atoms with van der Waals surface area (Å²) in [7, 11) is -3.30. The molecule has 1 fully saturated rings. The number of hydrogen-bond donors (Lipinski definition) is 2. The van der Waals surface area contributed by atoms with E-state index in [4.69, 9.17) is 5.73 Å². The van der Waals surface area contributed by atoms with E-state index in [1.165, 1.54) is 6.42 Å². The molecule has 5 heteroatoms. The molecule has 0 unspecified atom stereocenters. The molecule has 0 amide bonds. The van der Waals surface area contributed by atoms with E-state index in [-0.39, 0.29) is 0 Å². The highest BCUT2D eigenvalue weighted by Crippen LogP contribution is 2.33. The van der Waals surface area contributed by atoms with E-state index in [0.29, 0.717) is 33.6 Å². The Bertz CT molecular complexity index is 616. The van der Waals surface area contributed by atoms with Crippen molar-refractivity contribution in [2.24, 2.45) is 0 Å². The number of anilines is 1. The zero-order valence-electron chi connectivity index (χ0n) is 10.0. The number of rotatable bonds is 3. The minimum atomic E-state index is -3.30. The van der Waals surface area contributed by atoms with Crippen LogP contribution in [0.25, 0.3) is 6.08 Å². The normalized spacial score (nSPS) is 21.2. The Morgan fingerprint density at radius 3 is 2.78 bits per heavy atom. The van der Waals surface area contributed by atoms with Gasteiger partial charge >= 0.3 is 0 Å². The predicted molar refractivity (Wildman–Crippen MR) is 71.7 cm³/mol. The van der Waals surface area contributed by atoms with E-state index in [9.17, 15) is 8.42 Å². The Labute approximate surface area is 107 Å². The minimum absolute atomic E-state index is 0.377. The van der Waals surface area contributed by atoms with Crippen molar-refractivity contribution in [3.05, 3.63) is 28.7 Å². The highest BCUT2D eigenvalue weighted by atomic mass is 32.2. The Kier molecular flexibility index (Phi) is 2.68. The molecule has 18 heavy (non-hydrogen) atoms. The van der Waals surface area contributed by atoms with E-state index in [1.54, 1.807) is 24.3 Å². The lowest BCUT2D eigenvalue weighted by molar-refractivity contribution is 0.351. The van der Waals surface area contributed by atoms with Crippen molar-refractivity contribution in [1.29, 1.82) is 0 Å². The van der Waals surface area contributed by atoms with Crippen LogP contribution in [-0.4, -0.2) is 21.0 Å². The van der Waals surface area contributed by atoms with Gasteiger partial charge in [0, 0.05) is 18.3 Å². The van der Waals surface area contributed by atoms with E-state index in [0.717, 1.165) is 12.8 Å². The summed E-state index contributed by atoms with van der Waals surface area (Å²) >= 11 is 0. The second kappa shape index (κ2) is 4.10. The molecule has 4 nitrogen and oxygen atoms in total. The molecule has 1 aliphatic heterocycles. The van der Waals surface area contributed by atoms with Crippen molar-refractivity contribution in [3.63, 3.8) is 0 Å². The van der Waals surface area contributed by atoms with Crippen LogP contribution in [0.1, 0.15) is 24.8 Å². The zero-order valence-corrected chi connectivity index (χ0v) is 10.8. The van der Waals surface area contributed by atoms with E-state index in [1.807, 2.05) is 0 Å². The molecule has 3 N–H and O–H groups in total. The quantitative estimate of drug-likeness (QED) is 0.812. The maximum absolute atomic E-state index is 12.3. The Hall–Kier alpha value is -1.33. The van der Waals surface area contributed by atoms with Gasteiger partial charge in [0.05, 0.1) is 9.80 Å². The SMILES string of the molecule is Nc1ccc2c(c1)C=C(CNC1CCC1)S2(=O)=O. The van der Waals surface area contributed by atoms with Crippen molar-refractivity contribution >= 4 is 21.6 Å². The molecular formula is C13H16N2O2S. The predicted octanol–water partition coefficient (Wildman–Crippen LogP) is 1.54. The number of nitrogens with two attached hydrogens (primary N) is 1. The number of fused-ring (bicyclic) bond motifs is 1. The third kappa shape index (κ3) is 1.83. The van der Waals surface area contributed by atoms with Crippen molar-refractivity contribution in [1.82, 2.24) is 5.32 Å². The zero-order chi connectivity index (χ0) is 12.8. The van der Waals surface area contributed by atoms with Crippen LogP contribution in [0, 0.1) is 0 Å². The molecule has 1 heterocycles. The second-order valence-electron chi connectivity index (χ2n) is 4.92. The first-order valence-electron chi connectivity index (χ1n) is 6.16. The van der Waals surface area contributed by atoms with Crippen LogP contribution in [0.4, 0.5) is 5.69 Å². The number of hydrogen-bond acceptors (Lipinski definition) is 4. The largest absolute Gasteiger partial charge is 0.399 e. The Morgan fingerprint density at radius 2 is 2.11 bits per heavy atom. The van der Waals surface area contributed by atoms with Gasteiger partial charge in [0.2, 0.25) is 9.84 Å². The molecule has 0 radical (unpaired) electrons. The van der Waals surface area contributed by atoms with Crippen LogP contribution < -0.4 is 11.1 Å². The molecule has 1 saturated carbocycles. The van der Waals surface area contributed by atoms with Crippen LogP contribution in [0.2, 0.25) is 0 Å². The molecule has 1 aliphatic carbocycles. The van der Waals surface area contributed by atoms with Gasteiger partial charge in [-0.15, -0.1) is 0 Å². The maximum Gasteiger partial charge on any atom is 0.204 e. The fraction of sp³-hybridized carbons (Fsp3) is 0.385. The van der Waals surface area contributed by atoms with Gasteiger partial charge < -0.3 is 11.1 Å². The molecule has 3 rings (SSSR count). The van der Waals surface area contributed by atoms with Crippen molar-refractivity contribution in [2.45, 2.75) is 30.2 Å². The summed E-state index contributed by atoms with van der Waals surface area (Å²) in [5.74, 6) is 0. The van der Waals surface area contributed by atoms with E-state index >= 15 is 0 Å². The van der Waals surface area contributed by atoms with Gasteiger partial charge in [-0.05, 0) is 42.7 Å². The first-order valence-corrected chi connectivity index (χ1v) is 7.64. The Morgan fingerprint density at radius 1 is 1.33 bits per heavy atom. The number of nitrogens with one attached hydrogen (secondary N) is 1. The lowest BCUT2D eigenvalue weighted by atomic mass is 9.93. The Balaban J connectivity index is 1.86. The molecular weight excluding hydrogens is 248 g/mol. The topological polar surface area (TPSA) is 72.2 Å². The average molecular weight is 264 g/mol. The monoisotopic (exact) mass is 264 g/mol. The van der Waals surface area contributed by atoms with Gasteiger partial charge in [-0.1, -0.05) is 6.42 Å². The van der Waals surface area contributed by atoms with Gasteiger partial charge in [0.25, 0.3) is 0 Å². The van der Waals surface area contributed by atoms with E-state index < -0.39 is 9.84 Å². The van der Waals surface area contributed by atoms with Gasteiger partial charge in [-0.2, -0.15) is 0 Å². The maximum atomic E-state index is 12.3. The van der Waals surface area contributed by atoms with Gasteiger partial charge in [-0.3, -0.25) is 0 Å². The van der Waals surface area contributed by atoms with Crippen LogP contribution in [0.3, 0.4) is 0 Å². The smallest absolute Gasteiger partial charge is 0.204 e. The van der Waals surface area contributed by atoms with E-state index in [2.05, 4.69) is 5.32 Å². The summed E-state index contributed by atoms with van der Waals surface area (Å²) in [6.45, 7) is 0.418. The molecule has 1 aromatic rings. The molecule has 0 saturated heterocycles. The van der Waals surface area contributed by atoms with Crippen LogP contribution in [0.5, 0.6) is 0 Å². The average Bonchev–Trinajstić information content (AvgIpc) is 2.48. The lowest BCUT2D eigenvalue weighted by Gasteiger charge is -2.26. The van der Waals surface area contributed by atoms with Crippen LogP contribution >= 0.6 is 0 Å². The highest BCUT2D eigenvalue weighted by molar-refractivity contribution is 7.95. The van der Waals surface area contributed by atoms with Gasteiger partial charge in [0.1, 0.15) is 0 Å². The fourth-order valence-corrected chi connectivity index (χ4v) is 3.83. The van der Waals surface area contributed by atoms with Crippen molar-refractivity contribution in [3.8, 4) is 0 Å². The lowest BCUT2D eigenvalue weighted by Crippen LogP contribution is -2.36. The summed E-state index contributed by atoms with van der Waals surface area (Å²) in [4.78, 5) is 0.831. The molecule has 0 bridgehead atoms. The number of nitrogen functional groups attached to an aromatic ring is 1. The summed E-state index contributed by atoms with van der Waals surface area (Å²) in [5, 5.41) is 3.29. The standard InChI is InChI=1S/C13H16N2O2S/c14-10-4-5-13-9(6-10)7-12(18(13,16)17)8-15-11-2-1-3-11/h4-7,11,15H,1-3,8,14H2. The molecule has 0 spiro atoms. The molecule has 2 aliphatic rings. The summed E-state index contributed by atoms with van der Waals surface area (Å²) in [6, 6.07) is 5.41. The number of sulfone groups is 1. The summed E-state index contributed by atoms with van der Waals surface area (Å²) in [6.07, 6.45) is 5.26. The third-order valence-electron chi connectivity index (χ3n) is 3.66.